The first-order chi connectivity index (χ1) is 11.7. The van der Waals surface area contributed by atoms with Crippen molar-refractivity contribution >= 4 is 34.0 Å². The third kappa shape index (κ3) is 4.05. The van der Waals surface area contributed by atoms with Crippen LogP contribution in [0.15, 0.2) is 42.7 Å². The van der Waals surface area contributed by atoms with Crippen LogP contribution in [0.2, 0.25) is 10.3 Å². The van der Waals surface area contributed by atoms with E-state index in [0.29, 0.717) is 10.3 Å². The summed E-state index contributed by atoms with van der Waals surface area (Å²) in [5.74, 6) is 0. The number of fused-ring (bicyclic) bond motifs is 1. The Kier molecular flexibility index (Phi) is 7.36. The molecule has 25 heavy (non-hydrogen) atoms. The topological polar surface area (TPSA) is 8.81 Å². The van der Waals surface area contributed by atoms with Gasteiger partial charge >= 0.3 is 0 Å². The highest BCUT2D eigenvalue weighted by Crippen LogP contribution is 2.31. The first-order valence-electron chi connectivity index (χ1n) is 8.64. The maximum Gasteiger partial charge on any atom is 0.260 e. The molecule has 0 aliphatic heterocycles. The predicted molar refractivity (Wildman–Crippen MR) is 102 cm³/mol. The summed E-state index contributed by atoms with van der Waals surface area (Å²) in [5, 5.41) is 3.61. The summed E-state index contributed by atoms with van der Waals surface area (Å²) in [7, 11) is 0. The van der Waals surface area contributed by atoms with Crippen LogP contribution >= 0.6 is 23.2 Å². The minimum Gasteiger partial charge on any atom is -1.00 e. The number of aryl methyl sites for hydroxylation is 2. The van der Waals surface area contributed by atoms with Crippen LogP contribution < -0.4 is 21.5 Å². The first kappa shape index (κ1) is 20.3. The number of imidazole rings is 1. The fourth-order valence-electron chi connectivity index (χ4n) is 3.17. The Bertz CT molecular complexity index is 858. The fraction of sp³-hybridized carbons (Fsp3) is 0.350. The maximum atomic E-state index is 6.60. The highest BCUT2D eigenvalue weighted by atomic mass is 79.9. The lowest BCUT2D eigenvalue weighted by Crippen LogP contribution is -3.00. The number of hydrogen-bond donors (Lipinski definition) is 0. The number of nitrogens with zero attached hydrogens (tertiary/aromatic N) is 2. The highest BCUT2D eigenvalue weighted by Gasteiger charge is 2.24. The molecule has 0 saturated carbocycles. The van der Waals surface area contributed by atoms with Gasteiger partial charge in [0.05, 0.1) is 6.54 Å². The van der Waals surface area contributed by atoms with Crippen molar-refractivity contribution in [2.45, 2.75) is 46.1 Å². The van der Waals surface area contributed by atoms with Gasteiger partial charge in [-0.1, -0.05) is 56.7 Å². The fourth-order valence-corrected chi connectivity index (χ4v) is 3.63. The van der Waals surface area contributed by atoms with Crippen LogP contribution in [0.1, 0.15) is 38.7 Å². The Balaban J connectivity index is 0.00000225. The molecule has 0 N–H and O–H groups in total. The third-order valence-electron chi connectivity index (χ3n) is 4.50. The van der Waals surface area contributed by atoms with Crippen LogP contribution in [0.25, 0.3) is 16.5 Å². The standard InChI is InChI=1S/C20H23Cl2N2.BrH/c1-3-5-8-13-23-14-24(20(22)19(23)21)18-15(4-2)11-12-16-9-6-7-10-17(16)18;/h6-7,9-12,14H,3-5,8,13H2,1-2H3;1H/q+1;/p-1. The van der Waals surface area contributed by atoms with Crippen molar-refractivity contribution in [2.75, 3.05) is 0 Å². The van der Waals surface area contributed by atoms with Crippen molar-refractivity contribution in [1.29, 1.82) is 0 Å². The number of hydrogen-bond acceptors (Lipinski definition) is 0. The molecule has 134 valence electrons. The molecular formula is C20H23BrCl2N2. The van der Waals surface area contributed by atoms with Gasteiger partial charge in [-0.05, 0) is 53.4 Å². The Hall–Kier alpha value is -1.03. The van der Waals surface area contributed by atoms with E-state index in [9.17, 15) is 0 Å². The van der Waals surface area contributed by atoms with E-state index in [-0.39, 0.29) is 17.0 Å². The molecule has 5 heteroatoms. The van der Waals surface area contributed by atoms with Crippen LogP contribution in [-0.4, -0.2) is 4.57 Å². The van der Waals surface area contributed by atoms with Gasteiger partial charge in [-0.2, -0.15) is 4.57 Å². The van der Waals surface area contributed by atoms with Gasteiger partial charge in [0.1, 0.15) is 5.69 Å². The van der Waals surface area contributed by atoms with Crippen molar-refractivity contribution in [3.8, 4) is 5.69 Å². The number of benzene rings is 2. The lowest BCUT2D eigenvalue weighted by atomic mass is 10.0. The lowest BCUT2D eigenvalue weighted by Gasteiger charge is -2.09. The van der Waals surface area contributed by atoms with E-state index >= 15 is 0 Å². The molecule has 1 aromatic heterocycles. The van der Waals surface area contributed by atoms with Gasteiger partial charge in [-0.3, -0.25) is 0 Å². The molecule has 2 nitrogen and oxygen atoms in total. The van der Waals surface area contributed by atoms with Crippen LogP contribution in [0.5, 0.6) is 0 Å². The van der Waals surface area contributed by atoms with Gasteiger partial charge in [0.15, 0.2) is 0 Å². The van der Waals surface area contributed by atoms with Gasteiger partial charge < -0.3 is 17.0 Å². The summed E-state index contributed by atoms with van der Waals surface area (Å²) in [6.45, 7) is 5.27. The Morgan fingerprint density at radius 3 is 2.48 bits per heavy atom. The van der Waals surface area contributed by atoms with Crippen molar-refractivity contribution in [3.05, 3.63) is 58.6 Å². The summed E-state index contributed by atoms with van der Waals surface area (Å²) in [6.07, 6.45) is 6.48. The van der Waals surface area contributed by atoms with Gasteiger partial charge in [-0.25, -0.2) is 4.57 Å². The van der Waals surface area contributed by atoms with E-state index in [4.69, 9.17) is 23.2 Å². The molecule has 0 unspecified atom stereocenters. The average Bonchev–Trinajstić information content (AvgIpc) is 2.89. The van der Waals surface area contributed by atoms with Crippen LogP contribution in [0.3, 0.4) is 0 Å². The second-order valence-corrected chi connectivity index (χ2v) is 6.83. The van der Waals surface area contributed by atoms with E-state index in [1.165, 1.54) is 29.2 Å². The van der Waals surface area contributed by atoms with E-state index in [2.05, 4.69) is 54.8 Å². The Morgan fingerprint density at radius 1 is 1.00 bits per heavy atom. The number of unbranched alkanes of at least 4 members (excludes halogenated alkanes) is 2. The SMILES string of the molecule is CCCCC[n+]1cn(-c2c(CC)ccc3ccccc23)c(Cl)c1Cl.[Br-]. The molecule has 1 heterocycles. The van der Waals surface area contributed by atoms with Crippen LogP contribution in [0, 0.1) is 0 Å². The van der Waals surface area contributed by atoms with Crippen LogP contribution in [-0.2, 0) is 13.0 Å². The summed E-state index contributed by atoms with van der Waals surface area (Å²) in [6, 6.07) is 12.8. The predicted octanol–water partition coefficient (Wildman–Crippen LogP) is 2.98. The van der Waals surface area contributed by atoms with Gasteiger partial charge in [0.25, 0.3) is 16.6 Å². The molecule has 0 radical (unpaired) electrons. The molecule has 0 atom stereocenters. The Morgan fingerprint density at radius 2 is 1.76 bits per heavy atom. The van der Waals surface area contributed by atoms with E-state index < -0.39 is 0 Å². The zero-order valence-corrected chi connectivity index (χ0v) is 17.7. The maximum absolute atomic E-state index is 6.60. The molecule has 3 rings (SSSR count). The largest absolute Gasteiger partial charge is 1.00 e. The Labute approximate surface area is 170 Å². The van der Waals surface area contributed by atoms with Crippen LogP contribution in [0.4, 0.5) is 0 Å². The zero-order chi connectivity index (χ0) is 17.1. The molecule has 0 aliphatic carbocycles. The minimum atomic E-state index is 0. The molecule has 0 aliphatic rings. The van der Waals surface area contributed by atoms with E-state index in [1.807, 2.05) is 10.9 Å². The molecule has 3 aromatic rings. The first-order valence-corrected chi connectivity index (χ1v) is 9.39. The molecule has 2 aromatic carbocycles. The summed E-state index contributed by atoms with van der Waals surface area (Å²) in [4.78, 5) is 0. The zero-order valence-electron chi connectivity index (χ0n) is 14.6. The summed E-state index contributed by atoms with van der Waals surface area (Å²) < 4.78 is 4.10. The molecule has 0 saturated heterocycles. The van der Waals surface area contributed by atoms with E-state index in [0.717, 1.165) is 25.1 Å². The van der Waals surface area contributed by atoms with E-state index in [1.54, 1.807) is 0 Å². The second-order valence-electron chi connectivity index (χ2n) is 6.12. The van der Waals surface area contributed by atoms with Crippen molar-refractivity contribution in [2.24, 2.45) is 0 Å². The van der Waals surface area contributed by atoms with Gasteiger partial charge in [0, 0.05) is 5.39 Å². The van der Waals surface area contributed by atoms with Crippen molar-refractivity contribution < 1.29 is 21.5 Å². The van der Waals surface area contributed by atoms with Crippen molar-refractivity contribution in [1.82, 2.24) is 4.57 Å². The molecular weight excluding hydrogens is 419 g/mol. The number of aromatic nitrogens is 2. The van der Waals surface area contributed by atoms with Gasteiger partial charge in [-0.15, -0.1) is 0 Å². The quantitative estimate of drug-likeness (QED) is 0.410. The molecule has 0 fully saturated rings. The third-order valence-corrected chi connectivity index (χ3v) is 5.35. The lowest BCUT2D eigenvalue weighted by molar-refractivity contribution is -0.694. The molecule has 0 bridgehead atoms. The monoisotopic (exact) mass is 440 g/mol. The normalized spacial score (nSPS) is 10.9. The highest BCUT2D eigenvalue weighted by molar-refractivity contribution is 6.40. The summed E-state index contributed by atoms with van der Waals surface area (Å²) >= 11 is 13.1. The molecule has 0 spiro atoms. The number of halogens is 3. The molecule has 0 amide bonds. The smallest absolute Gasteiger partial charge is 0.260 e. The van der Waals surface area contributed by atoms with Crippen molar-refractivity contribution in [3.63, 3.8) is 0 Å². The minimum absolute atomic E-state index is 0. The second kappa shape index (κ2) is 9.07. The summed E-state index contributed by atoms with van der Waals surface area (Å²) in [5.41, 5.74) is 2.40. The number of rotatable bonds is 6. The van der Waals surface area contributed by atoms with Gasteiger partial charge in [0.2, 0.25) is 0 Å². The average molecular weight is 442 g/mol.